The third kappa shape index (κ3) is 9.84. The monoisotopic (exact) mass is 466 g/mol. The minimum Gasteiger partial charge on any atom is -0.357 e. The maximum absolute atomic E-state index is 4.72. The number of guanidine groups is 1. The van der Waals surface area contributed by atoms with E-state index in [0.29, 0.717) is 12.0 Å². The minimum absolute atomic E-state index is 0. The van der Waals surface area contributed by atoms with Gasteiger partial charge in [-0.15, -0.1) is 35.3 Å². The fourth-order valence-electron chi connectivity index (χ4n) is 2.18. The first-order chi connectivity index (χ1) is 11.0. The van der Waals surface area contributed by atoms with E-state index in [2.05, 4.69) is 67.8 Å². The fraction of sp³-hybridized carbons (Fsp3) is 0.722. The molecule has 0 spiro atoms. The van der Waals surface area contributed by atoms with Gasteiger partial charge in [-0.2, -0.15) is 0 Å². The average molecular weight is 466 g/mol. The second-order valence-corrected chi connectivity index (χ2v) is 7.32. The van der Waals surface area contributed by atoms with Crippen molar-refractivity contribution in [2.24, 2.45) is 4.99 Å². The molecule has 1 unspecified atom stereocenters. The zero-order valence-corrected chi connectivity index (χ0v) is 19.0. The van der Waals surface area contributed by atoms with Gasteiger partial charge in [0.2, 0.25) is 0 Å². The third-order valence-electron chi connectivity index (χ3n) is 4.01. The van der Waals surface area contributed by atoms with Crippen molar-refractivity contribution in [3.05, 3.63) is 22.4 Å². The largest absolute Gasteiger partial charge is 0.357 e. The number of thiophene rings is 1. The van der Waals surface area contributed by atoms with Crippen molar-refractivity contribution in [1.82, 2.24) is 15.5 Å². The second kappa shape index (κ2) is 13.9. The van der Waals surface area contributed by atoms with Crippen LogP contribution in [0.25, 0.3) is 0 Å². The number of hydrogen-bond acceptors (Lipinski definition) is 3. The van der Waals surface area contributed by atoms with E-state index in [1.54, 1.807) is 0 Å². The summed E-state index contributed by atoms with van der Waals surface area (Å²) in [5.41, 5.74) is 0. The Balaban J connectivity index is 0.00000529. The van der Waals surface area contributed by atoms with E-state index >= 15 is 0 Å². The second-order valence-electron chi connectivity index (χ2n) is 6.34. The van der Waals surface area contributed by atoms with Crippen molar-refractivity contribution >= 4 is 41.3 Å². The van der Waals surface area contributed by atoms with Crippen LogP contribution in [0.4, 0.5) is 0 Å². The van der Waals surface area contributed by atoms with E-state index < -0.39 is 0 Å². The summed E-state index contributed by atoms with van der Waals surface area (Å²) in [6.07, 6.45) is 2.38. The number of halogens is 1. The predicted octanol–water partition coefficient (Wildman–Crippen LogP) is 4.15. The SMILES string of the molecule is CCNC(=NCC(C)c1cccs1)NCCCCN(C)C(C)C.I. The lowest BCUT2D eigenvalue weighted by Crippen LogP contribution is -2.38. The molecule has 0 amide bonds. The van der Waals surface area contributed by atoms with Crippen LogP contribution in [-0.4, -0.2) is 50.1 Å². The lowest BCUT2D eigenvalue weighted by atomic mass is 10.1. The Morgan fingerprint density at radius 3 is 2.58 bits per heavy atom. The Bertz CT molecular complexity index is 434. The molecule has 0 aliphatic carbocycles. The Labute approximate surface area is 169 Å². The molecular weight excluding hydrogens is 431 g/mol. The number of unbranched alkanes of at least 4 members (excludes halogenated alkanes) is 1. The average Bonchev–Trinajstić information content (AvgIpc) is 3.05. The standard InChI is InChI=1S/C18H34N4S.HI/c1-6-19-18(20-11-7-8-12-22(5)15(2)3)21-14-16(4)17-10-9-13-23-17;/h9-10,13,15-16H,6-8,11-12,14H2,1-5H3,(H2,19,20,21);1H. The topological polar surface area (TPSA) is 39.7 Å². The number of nitrogens with one attached hydrogen (secondary N) is 2. The van der Waals surface area contributed by atoms with Crippen molar-refractivity contribution in [2.45, 2.75) is 52.5 Å². The van der Waals surface area contributed by atoms with E-state index in [-0.39, 0.29) is 24.0 Å². The van der Waals surface area contributed by atoms with Gasteiger partial charge in [-0.3, -0.25) is 4.99 Å². The molecule has 0 saturated carbocycles. The van der Waals surface area contributed by atoms with Crippen LogP contribution in [0.5, 0.6) is 0 Å². The highest BCUT2D eigenvalue weighted by molar-refractivity contribution is 14.0. The molecule has 4 nitrogen and oxygen atoms in total. The highest BCUT2D eigenvalue weighted by Crippen LogP contribution is 2.20. The maximum Gasteiger partial charge on any atom is 0.191 e. The Morgan fingerprint density at radius 1 is 1.25 bits per heavy atom. The van der Waals surface area contributed by atoms with E-state index in [1.165, 1.54) is 17.7 Å². The van der Waals surface area contributed by atoms with Crippen LogP contribution in [0.3, 0.4) is 0 Å². The van der Waals surface area contributed by atoms with Gasteiger partial charge in [-0.25, -0.2) is 0 Å². The van der Waals surface area contributed by atoms with Crippen molar-refractivity contribution in [3.8, 4) is 0 Å². The molecule has 0 bridgehead atoms. The maximum atomic E-state index is 4.72. The molecular formula is C18H35IN4S. The molecule has 1 aromatic rings. The molecule has 1 heterocycles. The van der Waals surface area contributed by atoms with E-state index in [9.17, 15) is 0 Å². The highest BCUT2D eigenvalue weighted by atomic mass is 127. The summed E-state index contributed by atoms with van der Waals surface area (Å²) in [5.74, 6) is 1.42. The molecule has 1 aromatic heterocycles. The third-order valence-corrected chi connectivity index (χ3v) is 5.11. The quantitative estimate of drug-likeness (QED) is 0.236. The molecule has 0 aliphatic heterocycles. The number of nitrogens with zero attached hydrogens (tertiary/aromatic N) is 2. The van der Waals surface area contributed by atoms with Gasteiger partial charge >= 0.3 is 0 Å². The molecule has 0 radical (unpaired) electrons. The van der Waals surface area contributed by atoms with Gasteiger partial charge in [0.05, 0.1) is 6.54 Å². The summed E-state index contributed by atoms with van der Waals surface area (Å²) in [7, 11) is 2.19. The Hall–Kier alpha value is -0.340. The molecule has 0 fully saturated rings. The van der Waals surface area contributed by atoms with Crippen LogP contribution >= 0.6 is 35.3 Å². The van der Waals surface area contributed by atoms with Crippen LogP contribution in [0.15, 0.2) is 22.5 Å². The van der Waals surface area contributed by atoms with Crippen molar-refractivity contribution in [1.29, 1.82) is 0 Å². The molecule has 140 valence electrons. The lowest BCUT2D eigenvalue weighted by Gasteiger charge is -2.20. The summed E-state index contributed by atoms with van der Waals surface area (Å²) in [6, 6.07) is 4.93. The van der Waals surface area contributed by atoms with Gasteiger partial charge in [-0.1, -0.05) is 13.0 Å². The summed E-state index contributed by atoms with van der Waals surface area (Å²) in [5, 5.41) is 8.91. The highest BCUT2D eigenvalue weighted by Gasteiger charge is 2.06. The number of hydrogen-bond donors (Lipinski definition) is 2. The van der Waals surface area contributed by atoms with Crippen LogP contribution in [-0.2, 0) is 0 Å². The smallest absolute Gasteiger partial charge is 0.191 e. The van der Waals surface area contributed by atoms with E-state index in [0.717, 1.165) is 32.1 Å². The Morgan fingerprint density at radius 2 is 2.00 bits per heavy atom. The molecule has 0 saturated heterocycles. The van der Waals surface area contributed by atoms with Crippen LogP contribution in [0.2, 0.25) is 0 Å². The summed E-state index contributed by atoms with van der Waals surface area (Å²) >= 11 is 1.81. The summed E-state index contributed by atoms with van der Waals surface area (Å²) in [6.45, 7) is 12.7. The van der Waals surface area contributed by atoms with Crippen LogP contribution < -0.4 is 10.6 Å². The van der Waals surface area contributed by atoms with Crippen molar-refractivity contribution in [3.63, 3.8) is 0 Å². The van der Waals surface area contributed by atoms with E-state index in [4.69, 9.17) is 4.99 Å². The molecule has 1 atom stereocenters. The number of rotatable bonds is 10. The lowest BCUT2D eigenvalue weighted by molar-refractivity contribution is 0.268. The number of aliphatic imine (C=N–C) groups is 1. The van der Waals surface area contributed by atoms with Gasteiger partial charge in [-0.05, 0) is 58.7 Å². The van der Waals surface area contributed by atoms with Gasteiger partial charge < -0.3 is 15.5 Å². The van der Waals surface area contributed by atoms with Crippen molar-refractivity contribution in [2.75, 3.05) is 33.2 Å². The fourth-order valence-corrected chi connectivity index (χ4v) is 2.96. The van der Waals surface area contributed by atoms with Gasteiger partial charge in [0.15, 0.2) is 5.96 Å². The van der Waals surface area contributed by atoms with Crippen LogP contribution in [0, 0.1) is 0 Å². The van der Waals surface area contributed by atoms with Crippen molar-refractivity contribution < 1.29 is 0 Å². The Kier molecular flexibility index (Phi) is 13.7. The van der Waals surface area contributed by atoms with Gasteiger partial charge in [0, 0.05) is 29.9 Å². The van der Waals surface area contributed by atoms with Crippen LogP contribution in [0.1, 0.15) is 51.3 Å². The first-order valence-corrected chi connectivity index (χ1v) is 9.68. The zero-order valence-electron chi connectivity index (χ0n) is 15.8. The minimum atomic E-state index is 0. The van der Waals surface area contributed by atoms with Gasteiger partial charge in [0.25, 0.3) is 0 Å². The predicted molar refractivity (Wildman–Crippen MR) is 119 cm³/mol. The molecule has 2 N–H and O–H groups in total. The van der Waals surface area contributed by atoms with E-state index in [1.807, 2.05) is 11.3 Å². The summed E-state index contributed by atoms with van der Waals surface area (Å²) < 4.78 is 0. The molecule has 6 heteroatoms. The zero-order chi connectivity index (χ0) is 17.1. The molecule has 24 heavy (non-hydrogen) atoms. The normalized spacial score (nSPS) is 13.0. The first kappa shape index (κ1) is 23.7. The first-order valence-electron chi connectivity index (χ1n) is 8.80. The van der Waals surface area contributed by atoms with Gasteiger partial charge in [0.1, 0.15) is 0 Å². The summed E-state index contributed by atoms with van der Waals surface area (Å²) in [4.78, 5) is 8.52. The molecule has 0 aliphatic rings. The molecule has 0 aromatic carbocycles. The molecule has 1 rings (SSSR count).